The number of nitriles is 1. The largest absolute Gasteiger partial charge is 0.309 e. The Balaban J connectivity index is 1.66. The van der Waals surface area contributed by atoms with E-state index < -0.39 is 5.82 Å². The van der Waals surface area contributed by atoms with Gasteiger partial charge < -0.3 is 9.13 Å². The third-order valence-electron chi connectivity index (χ3n) is 8.23. The Hall–Kier alpha value is -6.17. The van der Waals surface area contributed by atoms with Crippen LogP contribution in [0.5, 0.6) is 0 Å². The molecule has 2 aromatic heterocycles. The van der Waals surface area contributed by atoms with Gasteiger partial charge >= 0.3 is 0 Å². The van der Waals surface area contributed by atoms with Gasteiger partial charge in [0.25, 0.3) is 0 Å². The number of hydrogen-bond acceptors (Lipinski definition) is 1. The standard InChI is InChI=1S/C38H21FN4/c1-41-30-22-25(23-40)37(34(36(30)39)24-12-4-2-5-13-24)43-31-18-10-8-16-27(31)28-20-21-33-35(38(28)43)29-17-9-11-19-32(29)42(33)26-14-6-3-7-15-26/h2-22H. The zero-order chi connectivity index (χ0) is 29.1. The fraction of sp³-hybridized carbons (Fsp3) is 0. The Labute approximate surface area is 246 Å². The molecule has 2 heterocycles. The molecule has 0 saturated carbocycles. The molecule has 200 valence electrons. The summed E-state index contributed by atoms with van der Waals surface area (Å²) in [5.74, 6) is -0.639. The molecule has 6 aromatic carbocycles. The first-order valence-electron chi connectivity index (χ1n) is 13.9. The molecule has 0 radical (unpaired) electrons. The minimum Gasteiger partial charge on any atom is -0.309 e. The van der Waals surface area contributed by atoms with Crippen molar-refractivity contribution in [2.24, 2.45) is 0 Å². The van der Waals surface area contributed by atoms with Crippen molar-refractivity contribution in [1.82, 2.24) is 9.13 Å². The number of para-hydroxylation sites is 3. The number of hydrogen-bond donors (Lipinski definition) is 0. The van der Waals surface area contributed by atoms with Crippen LogP contribution in [0, 0.1) is 23.7 Å². The lowest BCUT2D eigenvalue weighted by molar-refractivity contribution is 0.636. The Morgan fingerprint density at radius 3 is 1.98 bits per heavy atom. The van der Waals surface area contributed by atoms with E-state index in [1.165, 1.54) is 6.07 Å². The van der Waals surface area contributed by atoms with Gasteiger partial charge in [0.2, 0.25) is 5.69 Å². The highest BCUT2D eigenvalue weighted by Crippen LogP contribution is 2.45. The summed E-state index contributed by atoms with van der Waals surface area (Å²) in [5.41, 5.74) is 6.13. The molecule has 0 fully saturated rings. The van der Waals surface area contributed by atoms with Crippen molar-refractivity contribution >= 4 is 49.3 Å². The van der Waals surface area contributed by atoms with Crippen LogP contribution in [0.15, 0.2) is 127 Å². The van der Waals surface area contributed by atoms with Crippen LogP contribution >= 0.6 is 0 Å². The van der Waals surface area contributed by atoms with Gasteiger partial charge in [0.05, 0.1) is 39.9 Å². The summed E-state index contributed by atoms with van der Waals surface area (Å²) >= 11 is 0. The summed E-state index contributed by atoms with van der Waals surface area (Å²) in [5, 5.41) is 14.5. The third-order valence-corrected chi connectivity index (χ3v) is 8.23. The molecule has 5 heteroatoms. The molecule has 4 nitrogen and oxygen atoms in total. The molecule has 0 unspecified atom stereocenters. The van der Waals surface area contributed by atoms with Crippen LogP contribution in [-0.2, 0) is 0 Å². The molecule has 0 aliphatic rings. The second kappa shape index (κ2) is 9.45. The second-order valence-corrected chi connectivity index (χ2v) is 10.5. The van der Waals surface area contributed by atoms with Crippen LogP contribution in [0.2, 0.25) is 0 Å². The lowest BCUT2D eigenvalue weighted by Gasteiger charge is -2.18. The van der Waals surface area contributed by atoms with E-state index in [4.69, 9.17) is 6.57 Å². The Morgan fingerprint density at radius 2 is 1.28 bits per heavy atom. The SMILES string of the molecule is [C-]#[N+]c1cc(C#N)c(-n2c3ccccc3c3ccc4c(c5ccccc5n4-c4ccccc4)c32)c(-c2ccccc2)c1F. The zero-order valence-corrected chi connectivity index (χ0v) is 22.8. The van der Waals surface area contributed by atoms with Gasteiger partial charge in [0.15, 0.2) is 0 Å². The number of fused-ring (bicyclic) bond motifs is 7. The van der Waals surface area contributed by atoms with Crippen molar-refractivity contribution in [3.05, 3.63) is 150 Å². The molecule has 0 amide bonds. The summed E-state index contributed by atoms with van der Waals surface area (Å²) < 4.78 is 20.7. The predicted molar refractivity (Wildman–Crippen MR) is 171 cm³/mol. The molecule has 0 saturated heterocycles. The molecule has 0 N–H and O–H groups in total. The lowest BCUT2D eigenvalue weighted by atomic mass is 9.97. The van der Waals surface area contributed by atoms with E-state index in [1.807, 2.05) is 83.4 Å². The van der Waals surface area contributed by atoms with Crippen molar-refractivity contribution in [3.63, 3.8) is 0 Å². The molecule has 0 bridgehead atoms. The normalized spacial score (nSPS) is 11.3. The molecular formula is C38H21FN4. The Morgan fingerprint density at radius 1 is 0.651 bits per heavy atom. The quantitative estimate of drug-likeness (QED) is 0.201. The van der Waals surface area contributed by atoms with Crippen LogP contribution in [0.4, 0.5) is 10.1 Å². The van der Waals surface area contributed by atoms with E-state index in [9.17, 15) is 5.26 Å². The van der Waals surface area contributed by atoms with E-state index in [1.54, 1.807) is 0 Å². The van der Waals surface area contributed by atoms with Gasteiger partial charge in [0, 0.05) is 32.8 Å². The first-order valence-corrected chi connectivity index (χ1v) is 13.9. The predicted octanol–water partition coefficient (Wildman–Crippen LogP) is 10.1. The maximum absolute atomic E-state index is 16.4. The zero-order valence-electron chi connectivity index (χ0n) is 22.8. The van der Waals surface area contributed by atoms with Crippen LogP contribution in [0.1, 0.15) is 5.56 Å². The number of halogens is 1. The third kappa shape index (κ3) is 3.46. The first-order chi connectivity index (χ1) is 21.2. The molecule has 0 spiro atoms. The van der Waals surface area contributed by atoms with Crippen molar-refractivity contribution in [3.8, 4) is 28.6 Å². The molecule has 0 atom stereocenters. The van der Waals surface area contributed by atoms with Crippen molar-refractivity contribution in [2.75, 3.05) is 0 Å². The van der Waals surface area contributed by atoms with Gasteiger partial charge in [-0.1, -0.05) is 91.0 Å². The van der Waals surface area contributed by atoms with Crippen molar-refractivity contribution in [1.29, 1.82) is 5.26 Å². The van der Waals surface area contributed by atoms with E-state index >= 15 is 4.39 Å². The summed E-state index contributed by atoms with van der Waals surface area (Å²) in [6.45, 7) is 7.67. The van der Waals surface area contributed by atoms with Crippen LogP contribution in [0.3, 0.4) is 0 Å². The average Bonchev–Trinajstić information content (AvgIpc) is 3.58. The molecular weight excluding hydrogens is 531 g/mol. The van der Waals surface area contributed by atoms with E-state index in [-0.39, 0.29) is 16.8 Å². The topological polar surface area (TPSA) is 38.0 Å². The summed E-state index contributed by atoms with van der Waals surface area (Å²) in [7, 11) is 0. The summed E-state index contributed by atoms with van der Waals surface area (Å²) in [6.07, 6.45) is 0. The molecule has 8 rings (SSSR count). The average molecular weight is 553 g/mol. The summed E-state index contributed by atoms with van der Waals surface area (Å²) in [4.78, 5) is 3.45. The number of benzene rings is 6. The smallest absolute Gasteiger partial charge is 0.224 e. The molecule has 8 aromatic rings. The van der Waals surface area contributed by atoms with E-state index in [2.05, 4.69) is 57.9 Å². The minimum absolute atomic E-state index is 0.175. The van der Waals surface area contributed by atoms with Crippen LogP contribution < -0.4 is 0 Å². The number of aromatic nitrogens is 2. The monoisotopic (exact) mass is 552 g/mol. The van der Waals surface area contributed by atoms with E-state index in [0.29, 0.717) is 11.3 Å². The fourth-order valence-electron chi connectivity index (χ4n) is 6.50. The van der Waals surface area contributed by atoms with Gasteiger partial charge in [-0.3, -0.25) is 0 Å². The Kier molecular flexibility index (Phi) is 5.41. The Bertz CT molecular complexity index is 2470. The minimum atomic E-state index is -0.639. The fourth-order valence-corrected chi connectivity index (χ4v) is 6.50. The number of nitrogens with zero attached hydrogens (tertiary/aromatic N) is 4. The lowest BCUT2D eigenvalue weighted by Crippen LogP contribution is -2.04. The number of rotatable bonds is 3. The maximum atomic E-state index is 16.4. The first kappa shape index (κ1) is 24.6. The van der Waals surface area contributed by atoms with Crippen molar-refractivity contribution in [2.45, 2.75) is 0 Å². The summed E-state index contributed by atoms with van der Waals surface area (Å²) in [6, 6.07) is 43.7. The van der Waals surface area contributed by atoms with Gasteiger partial charge in [0.1, 0.15) is 11.9 Å². The maximum Gasteiger partial charge on any atom is 0.224 e. The van der Waals surface area contributed by atoms with Gasteiger partial charge in [-0.05, 0) is 42.0 Å². The van der Waals surface area contributed by atoms with Gasteiger partial charge in [-0.15, -0.1) is 0 Å². The van der Waals surface area contributed by atoms with Crippen molar-refractivity contribution < 1.29 is 4.39 Å². The van der Waals surface area contributed by atoms with Gasteiger partial charge in [-0.25, -0.2) is 9.24 Å². The van der Waals surface area contributed by atoms with Crippen LogP contribution in [0.25, 0.3) is 71.0 Å². The molecule has 0 aliphatic carbocycles. The highest BCUT2D eigenvalue weighted by atomic mass is 19.1. The highest BCUT2D eigenvalue weighted by Gasteiger charge is 2.26. The van der Waals surface area contributed by atoms with Gasteiger partial charge in [-0.2, -0.15) is 5.26 Å². The second-order valence-electron chi connectivity index (χ2n) is 10.5. The van der Waals surface area contributed by atoms with E-state index in [0.717, 1.165) is 49.3 Å². The highest BCUT2D eigenvalue weighted by molar-refractivity contribution is 6.26. The molecule has 43 heavy (non-hydrogen) atoms. The molecule has 0 aliphatic heterocycles. The van der Waals surface area contributed by atoms with Crippen LogP contribution in [-0.4, -0.2) is 9.13 Å².